The summed E-state index contributed by atoms with van der Waals surface area (Å²) in [5.74, 6) is -0.714. The number of carboxylic acids is 1. The van der Waals surface area contributed by atoms with Gasteiger partial charge in [-0.15, -0.1) is 0 Å². The zero-order valence-corrected chi connectivity index (χ0v) is 12.5. The molecule has 1 unspecified atom stereocenters. The van der Waals surface area contributed by atoms with Gasteiger partial charge in [-0.1, -0.05) is 0 Å². The van der Waals surface area contributed by atoms with Crippen LogP contribution in [0.25, 0.3) is 0 Å². The molecule has 1 aliphatic heterocycles. The number of hydrogen-bond donors (Lipinski definition) is 2. The van der Waals surface area contributed by atoms with Crippen molar-refractivity contribution in [2.75, 3.05) is 16.8 Å². The number of hydrogen-bond acceptors (Lipinski definition) is 5. The fourth-order valence-corrected chi connectivity index (χ4v) is 4.69. The molecule has 0 radical (unpaired) electrons. The minimum Gasteiger partial charge on any atom is -0.478 e. The molecule has 0 amide bonds. The van der Waals surface area contributed by atoms with Gasteiger partial charge in [0.2, 0.25) is 0 Å². The molecule has 1 atom stereocenters. The fraction of sp³-hybridized carbons (Fsp3) is 0.538. The molecular weight excluding hydrogens is 280 g/mol. The van der Waals surface area contributed by atoms with Crippen molar-refractivity contribution in [2.45, 2.75) is 32.7 Å². The molecule has 7 heteroatoms. The van der Waals surface area contributed by atoms with E-state index in [2.05, 4.69) is 10.3 Å². The molecule has 0 bridgehead atoms. The molecule has 2 rings (SSSR count). The lowest BCUT2D eigenvalue weighted by atomic mass is 10.0. The van der Waals surface area contributed by atoms with E-state index in [-0.39, 0.29) is 22.9 Å². The molecule has 20 heavy (non-hydrogen) atoms. The number of sulfone groups is 1. The lowest BCUT2D eigenvalue weighted by Gasteiger charge is -2.26. The summed E-state index contributed by atoms with van der Waals surface area (Å²) in [6.45, 7) is 5.26. The van der Waals surface area contributed by atoms with Gasteiger partial charge in [0.15, 0.2) is 9.84 Å². The summed E-state index contributed by atoms with van der Waals surface area (Å²) in [5, 5.41) is 12.3. The third-order valence-electron chi connectivity index (χ3n) is 3.48. The van der Waals surface area contributed by atoms with E-state index < -0.39 is 21.3 Å². The van der Waals surface area contributed by atoms with Crippen molar-refractivity contribution in [3.63, 3.8) is 0 Å². The first kappa shape index (κ1) is 14.8. The fourth-order valence-electron chi connectivity index (χ4n) is 2.59. The number of rotatable bonds is 3. The summed E-state index contributed by atoms with van der Waals surface area (Å²) in [6, 6.07) is 1.70. The summed E-state index contributed by atoms with van der Waals surface area (Å²) in [5.41, 5.74) is 0.730. The molecule has 1 aromatic rings. The molecule has 0 aromatic carbocycles. The Bertz CT molecular complexity index is 669. The van der Waals surface area contributed by atoms with E-state index in [0.717, 1.165) is 0 Å². The van der Waals surface area contributed by atoms with Crippen LogP contribution in [-0.4, -0.2) is 41.5 Å². The number of aromatic carboxylic acids is 1. The van der Waals surface area contributed by atoms with Crippen LogP contribution in [0.5, 0.6) is 0 Å². The highest BCUT2D eigenvalue weighted by Gasteiger charge is 2.39. The first-order valence-electron chi connectivity index (χ1n) is 6.32. The minimum atomic E-state index is -3.07. The van der Waals surface area contributed by atoms with E-state index in [1.165, 1.54) is 0 Å². The van der Waals surface area contributed by atoms with Crippen molar-refractivity contribution in [3.05, 3.63) is 22.9 Å². The summed E-state index contributed by atoms with van der Waals surface area (Å²) in [6.07, 6.45) is 0.447. The number of anilines is 1. The smallest absolute Gasteiger partial charge is 0.339 e. The average molecular weight is 298 g/mol. The van der Waals surface area contributed by atoms with Crippen LogP contribution in [0.15, 0.2) is 6.07 Å². The molecule has 1 aliphatic rings. The van der Waals surface area contributed by atoms with E-state index in [4.69, 9.17) is 0 Å². The SMILES string of the molecule is Cc1cc(C)c(C(=O)O)c(NC2(C)CCS(=O)(=O)C2)n1. The van der Waals surface area contributed by atoms with Gasteiger partial charge in [0.1, 0.15) is 11.4 Å². The van der Waals surface area contributed by atoms with Crippen LogP contribution in [0.4, 0.5) is 5.82 Å². The Balaban J connectivity index is 2.41. The topological polar surface area (TPSA) is 96.4 Å². The van der Waals surface area contributed by atoms with Crippen LogP contribution >= 0.6 is 0 Å². The quantitative estimate of drug-likeness (QED) is 0.875. The maximum Gasteiger partial charge on any atom is 0.339 e. The van der Waals surface area contributed by atoms with Gasteiger partial charge in [0, 0.05) is 5.69 Å². The monoisotopic (exact) mass is 298 g/mol. The molecule has 1 aromatic heterocycles. The predicted octanol–water partition coefficient (Wildman–Crippen LogP) is 1.39. The molecule has 0 saturated carbocycles. The highest BCUT2D eigenvalue weighted by Crippen LogP contribution is 2.29. The second kappa shape index (κ2) is 4.73. The summed E-state index contributed by atoms with van der Waals surface area (Å²) in [7, 11) is -3.07. The molecule has 2 heterocycles. The lowest BCUT2D eigenvalue weighted by molar-refractivity contribution is 0.0696. The van der Waals surface area contributed by atoms with Gasteiger partial charge in [0.25, 0.3) is 0 Å². The van der Waals surface area contributed by atoms with E-state index in [0.29, 0.717) is 17.7 Å². The highest BCUT2D eigenvalue weighted by atomic mass is 32.2. The van der Waals surface area contributed by atoms with Gasteiger partial charge in [-0.3, -0.25) is 0 Å². The van der Waals surface area contributed by atoms with Gasteiger partial charge < -0.3 is 10.4 Å². The zero-order valence-electron chi connectivity index (χ0n) is 11.7. The van der Waals surface area contributed by atoms with Crippen molar-refractivity contribution in [2.24, 2.45) is 0 Å². The van der Waals surface area contributed by atoms with Gasteiger partial charge in [0.05, 0.1) is 17.0 Å². The zero-order chi connectivity index (χ0) is 15.1. The Morgan fingerprint density at radius 1 is 1.45 bits per heavy atom. The van der Waals surface area contributed by atoms with Crippen LogP contribution in [-0.2, 0) is 9.84 Å². The Morgan fingerprint density at radius 3 is 2.60 bits per heavy atom. The number of aryl methyl sites for hydroxylation is 2. The number of nitrogens with one attached hydrogen (secondary N) is 1. The molecule has 0 spiro atoms. The lowest BCUT2D eigenvalue weighted by Crippen LogP contribution is -2.37. The molecule has 1 saturated heterocycles. The molecule has 6 nitrogen and oxygen atoms in total. The standard InChI is InChI=1S/C13H18N2O4S/c1-8-6-9(2)14-11(10(8)12(16)17)15-13(3)4-5-20(18,19)7-13/h6H,4-5,7H2,1-3H3,(H,14,15)(H,16,17). The van der Waals surface area contributed by atoms with Gasteiger partial charge >= 0.3 is 5.97 Å². The number of carboxylic acid groups (broad SMARTS) is 1. The van der Waals surface area contributed by atoms with Crippen LogP contribution in [0.1, 0.15) is 35.0 Å². The summed E-state index contributed by atoms with van der Waals surface area (Å²) in [4.78, 5) is 15.6. The summed E-state index contributed by atoms with van der Waals surface area (Å²) >= 11 is 0. The van der Waals surface area contributed by atoms with Crippen LogP contribution in [0, 0.1) is 13.8 Å². The molecule has 110 valence electrons. The molecule has 1 fully saturated rings. The number of carbonyl (C=O) groups is 1. The molecule has 2 N–H and O–H groups in total. The third kappa shape index (κ3) is 2.92. The normalized spacial score (nSPS) is 24.6. The van der Waals surface area contributed by atoms with Crippen molar-refractivity contribution < 1.29 is 18.3 Å². The predicted molar refractivity (Wildman–Crippen MR) is 76.0 cm³/mol. The minimum absolute atomic E-state index is 0.00622. The largest absolute Gasteiger partial charge is 0.478 e. The van der Waals surface area contributed by atoms with Crippen LogP contribution < -0.4 is 5.32 Å². The number of nitrogens with zero attached hydrogens (tertiary/aromatic N) is 1. The van der Waals surface area contributed by atoms with Crippen molar-refractivity contribution in [1.29, 1.82) is 0 Å². The van der Waals surface area contributed by atoms with E-state index in [1.54, 1.807) is 26.8 Å². The Labute approximate surface area is 118 Å². The molecule has 0 aliphatic carbocycles. The maximum absolute atomic E-state index is 11.6. The second-order valence-corrected chi connectivity index (χ2v) is 7.82. The molecular formula is C13H18N2O4S. The Hall–Kier alpha value is -1.63. The number of aromatic nitrogens is 1. The van der Waals surface area contributed by atoms with Crippen molar-refractivity contribution in [3.8, 4) is 0 Å². The first-order chi connectivity index (χ1) is 9.12. The van der Waals surface area contributed by atoms with Gasteiger partial charge in [-0.05, 0) is 38.8 Å². The van der Waals surface area contributed by atoms with E-state index in [9.17, 15) is 18.3 Å². The maximum atomic E-state index is 11.6. The highest BCUT2D eigenvalue weighted by molar-refractivity contribution is 7.91. The average Bonchev–Trinajstić information content (AvgIpc) is 2.50. The van der Waals surface area contributed by atoms with Crippen molar-refractivity contribution in [1.82, 2.24) is 4.98 Å². The third-order valence-corrected chi connectivity index (χ3v) is 5.39. The van der Waals surface area contributed by atoms with Crippen LogP contribution in [0.2, 0.25) is 0 Å². The van der Waals surface area contributed by atoms with Crippen LogP contribution in [0.3, 0.4) is 0 Å². The van der Waals surface area contributed by atoms with Gasteiger partial charge in [-0.2, -0.15) is 0 Å². The van der Waals surface area contributed by atoms with Gasteiger partial charge in [-0.25, -0.2) is 18.2 Å². The van der Waals surface area contributed by atoms with E-state index >= 15 is 0 Å². The van der Waals surface area contributed by atoms with E-state index in [1.807, 2.05) is 0 Å². The number of pyridine rings is 1. The Kier molecular flexibility index (Phi) is 3.49. The Morgan fingerprint density at radius 2 is 2.10 bits per heavy atom. The first-order valence-corrected chi connectivity index (χ1v) is 8.14. The second-order valence-electron chi connectivity index (χ2n) is 5.64. The summed E-state index contributed by atoms with van der Waals surface area (Å²) < 4.78 is 23.2. The van der Waals surface area contributed by atoms with Crippen molar-refractivity contribution >= 4 is 21.6 Å².